The molecule has 1 heterocycles. The Morgan fingerprint density at radius 1 is 1.17 bits per heavy atom. The Bertz CT molecular complexity index is 952. The molecule has 0 N–H and O–H groups in total. The van der Waals surface area contributed by atoms with Crippen LogP contribution in [0.1, 0.15) is 22.2 Å². The first-order chi connectivity index (χ1) is 14.1. The van der Waals surface area contributed by atoms with E-state index in [-0.39, 0.29) is 5.91 Å². The highest BCUT2D eigenvalue weighted by atomic mass is 35.5. The number of hydrogen-bond donors (Lipinski definition) is 0. The molecular weight excluding hydrogens is 384 g/mol. The fourth-order valence-corrected chi connectivity index (χ4v) is 3.51. The van der Waals surface area contributed by atoms with Gasteiger partial charge in [-0.05, 0) is 35.4 Å². The predicted molar refractivity (Wildman–Crippen MR) is 117 cm³/mol. The molecule has 3 rings (SSSR count). The van der Waals surface area contributed by atoms with Crippen LogP contribution in [-0.2, 0) is 17.9 Å². The molecule has 5 heteroatoms. The number of hydrogen-bond acceptors (Lipinski definition) is 2. The summed E-state index contributed by atoms with van der Waals surface area (Å²) in [5.41, 5.74) is 2.95. The molecule has 0 bridgehead atoms. The number of methoxy groups -OCH3 is 1. The monoisotopic (exact) mass is 408 g/mol. The number of ether oxygens (including phenoxy) is 1. The van der Waals surface area contributed by atoms with E-state index in [0.717, 1.165) is 22.6 Å². The van der Waals surface area contributed by atoms with E-state index in [1.165, 1.54) is 0 Å². The van der Waals surface area contributed by atoms with E-state index in [0.29, 0.717) is 19.6 Å². The smallest absolute Gasteiger partial charge is 0.245 e. The van der Waals surface area contributed by atoms with Crippen molar-refractivity contribution in [2.45, 2.75) is 18.5 Å². The molecule has 0 aliphatic rings. The maximum Gasteiger partial charge on any atom is 0.245 e. The number of alkyl halides is 1. The zero-order valence-electron chi connectivity index (χ0n) is 16.5. The molecule has 0 aliphatic heterocycles. The van der Waals surface area contributed by atoms with E-state index >= 15 is 0 Å². The molecule has 0 spiro atoms. The van der Waals surface area contributed by atoms with Crippen LogP contribution in [0.3, 0.4) is 0 Å². The van der Waals surface area contributed by atoms with Crippen molar-refractivity contribution < 1.29 is 9.53 Å². The van der Waals surface area contributed by atoms with Gasteiger partial charge >= 0.3 is 0 Å². The number of carbonyl (C=O) groups is 1. The minimum Gasteiger partial charge on any atom is -0.497 e. The van der Waals surface area contributed by atoms with Crippen molar-refractivity contribution in [2.24, 2.45) is 0 Å². The SMILES string of the molecule is C=CCN(Cc1cccn1Cc1cccc(OC)c1)C(=O)[C@@H](Cl)c1ccccc1. The van der Waals surface area contributed by atoms with Crippen LogP contribution in [0.2, 0.25) is 0 Å². The summed E-state index contributed by atoms with van der Waals surface area (Å²) in [6.07, 6.45) is 3.74. The van der Waals surface area contributed by atoms with Gasteiger partial charge in [-0.3, -0.25) is 4.79 Å². The van der Waals surface area contributed by atoms with E-state index in [1.54, 1.807) is 18.1 Å². The van der Waals surface area contributed by atoms with Crippen molar-refractivity contribution in [3.63, 3.8) is 0 Å². The third-order valence-corrected chi connectivity index (χ3v) is 5.17. The third kappa shape index (κ3) is 5.30. The number of carbonyl (C=O) groups excluding carboxylic acids is 1. The molecule has 2 aromatic carbocycles. The Kier molecular flexibility index (Phi) is 7.14. The molecule has 0 radical (unpaired) electrons. The first-order valence-corrected chi connectivity index (χ1v) is 9.91. The normalized spacial score (nSPS) is 11.7. The lowest BCUT2D eigenvalue weighted by molar-refractivity contribution is -0.131. The van der Waals surface area contributed by atoms with E-state index < -0.39 is 5.38 Å². The molecule has 3 aromatic rings. The molecule has 1 aromatic heterocycles. The third-order valence-electron chi connectivity index (χ3n) is 4.73. The van der Waals surface area contributed by atoms with Crippen LogP contribution in [0.15, 0.2) is 85.6 Å². The molecule has 0 unspecified atom stereocenters. The van der Waals surface area contributed by atoms with Gasteiger partial charge in [0.2, 0.25) is 5.91 Å². The van der Waals surface area contributed by atoms with Gasteiger partial charge in [-0.15, -0.1) is 18.2 Å². The van der Waals surface area contributed by atoms with Crippen molar-refractivity contribution in [3.05, 3.63) is 102 Å². The second kappa shape index (κ2) is 9.99. The highest BCUT2D eigenvalue weighted by molar-refractivity contribution is 6.30. The molecule has 0 saturated carbocycles. The van der Waals surface area contributed by atoms with Crippen LogP contribution >= 0.6 is 11.6 Å². The largest absolute Gasteiger partial charge is 0.497 e. The van der Waals surface area contributed by atoms with Crippen molar-refractivity contribution >= 4 is 17.5 Å². The van der Waals surface area contributed by atoms with Gasteiger partial charge in [-0.25, -0.2) is 0 Å². The van der Waals surface area contributed by atoms with E-state index in [9.17, 15) is 4.79 Å². The molecule has 1 atom stereocenters. The number of amides is 1. The van der Waals surface area contributed by atoms with E-state index in [1.807, 2.05) is 66.9 Å². The summed E-state index contributed by atoms with van der Waals surface area (Å²) in [6, 6.07) is 21.4. The Hall–Kier alpha value is -2.98. The highest BCUT2D eigenvalue weighted by Gasteiger charge is 2.24. The number of halogens is 1. The summed E-state index contributed by atoms with van der Waals surface area (Å²) in [7, 11) is 1.66. The first-order valence-electron chi connectivity index (χ1n) is 9.48. The topological polar surface area (TPSA) is 34.5 Å². The fraction of sp³-hybridized carbons (Fsp3) is 0.208. The van der Waals surface area contributed by atoms with Gasteiger partial charge in [0, 0.05) is 25.0 Å². The van der Waals surface area contributed by atoms with Crippen LogP contribution < -0.4 is 4.74 Å². The van der Waals surface area contributed by atoms with Crippen molar-refractivity contribution in [1.29, 1.82) is 0 Å². The van der Waals surface area contributed by atoms with E-state index in [4.69, 9.17) is 16.3 Å². The summed E-state index contributed by atoms with van der Waals surface area (Å²) in [6.45, 7) is 5.37. The lowest BCUT2D eigenvalue weighted by atomic mass is 10.1. The van der Waals surface area contributed by atoms with Crippen LogP contribution in [0.4, 0.5) is 0 Å². The van der Waals surface area contributed by atoms with Crippen molar-refractivity contribution in [2.75, 3.05) is 13.7 Å². The zero-order chi connectivity index (χ0) is 20.6. The molecular formula is C24H25ClN2O2. The standard InChI is InChI=1S/C24H25ClN2O2/c1-3-14-27(24(28)23(25)20-10-5-4-6-11-20)18-21-12-8-15-26(21)17-19-9-7-13-22(16-19)29-2/h3-13,15-16,23H,1,14,17-18H2,2H3/t23-/m0/s1. The molecule has 150 valence electrons. The summed E-state index contributed by atoms with van der Waals surface area (Å²) in [5, 5.41) is -0.724. The van der Waals surface area contributed by atoms with Gasteiger partial charge in [0.1, 0.15) is 11.1 Å². The molecule has 0 fully saturated rings. The molecule has 29 heavy (non-hydrogen) atoms. The van der Waals surface area contributed by atoms with Crippen LogP contribution in [0, 0.1) is 0 Å². The lowest BCUT2D eigenvalue weighted by Crippen LogP contribution is -2.34. The molecule has 1 amide bonds. The second-order valence-corrected chi connectivity index (χ2v) is 7.20. The Morgan fingerprint density at radius 3 is 2.69 bits per heavy atom. The van der Waals surface area contributed by atoms with E-state index in [2.05, 4.69) is 17.2 Å². The zero-order valence-corrected chi connectivity index (χ0v) is 17.3. The van der Waals surface area contributed by atoms with Crippen LogP contribution in [-0.4, -0.2) is 29.0 Å². The first kappa shape index (κ1) is 20.7. The average molecular weight is 409 g/mol. The maximum atomic E-state index is 13.0. The Labute approximate surface area is 177 Å². The minimum absolute atomic E-state index is 0.133. The van der Waals surface area contributed by atoms with Gasteiger partial charge < -0.3 is 14.2 Å². The predicted octanol–water partition coefficient (Wildman–Crippen LogP) is 5.04. The fourth-order valence-electron chi connectivity index (χ4n) is 3.22. The summed E-state index contributed by atoms with van der Waals surface area (Å²) in [5.74, 6) is 0.694. The number of aromatic nitrogens is 1. The van der Waals surface area contributed by atoms with Gasteiger partial charge in [-0.1, -0.05) is 48.5 Å². The van der Waals surface area contributed by atoms with Crippen molar-refractivity contribution in [1.82, 2.24) is 9.47 Å². The number of rotatable bonds is 9. The highest BCUT2D eigenvalue weighted by Crippen LogP contribution is 2.24. The summed E-state index contributed by atoms with van der Waals surface area (Å²) in [4.78, 5) is 14.8. The Balaban J connectivity index is 1.77. The Morgan fingerprint density at radius 2 is 1.97 bits per heavy atom. The summed E-state index contributed by atoms with van der Waals surface area (Å²) >= 11 is 6.48. The quantitative estimate of drug-likeness (QED) is 0.367. The minimum atomic E-state index is -0.724. The van der Waals surface area contributed by atoms with Gasteiger partial charge in [0.15, 0.2) is 0 Å². The van der Waals surface area contributed by atoms with Crippen LogP contribution in [0.5, 0.6) is 5.75 Å². The van der Waals surface area contributed by atoms with Gasteiger partial charge in [0.25, 0.3) is 0 Å². The average Bonchev–Trinajstić information content (AvgIpc) is 3.19. The molecule has 4 nitrogen and oxygen atoms in total. The lowest BCUT2D eigenvalue weighted by Gasteiger charge is -2.25. The maximum absolute atomic E-state index is 13.0. The van der Waals surface area contributed by atoms with Crippen molar-refractivity contribution in [3.8, 4) is 5.75 Å². The summed E-state index contributed by atoms with van der Waals surface area (Å²) < 4.78 is 7.44. The van der Waals surface area contributed by atoms with Gasteiger partial charge in [-0.2, -0.15) is 0 Å². The second-order valence-electron chi connectivity index (χ2n) is 6.76. The van der Waals surface area contributed by atoms with Crippen LogP contribution in [0.25, 0.3) is 0 Å². The molecule has 0 aliphatic carbocycles. The molecule has 0 saturated heterocycles. The van der Waals surface area contributed by atoms with Gasteiger partial charge in [0.05, 0.1) is 13.7 Å². The number of nitrogens with zero attached hydrogens (tertiary/aromatic N) is 2. The number of benzene rings is 2.